The quantitative estimate of drug-likeness (QED) is 0.501. The number of aromatic nitrogens is 1. The van der Waals surface area contributed by atoms with Crippen LogP contribution in [0.5, 0.6) is 5.75 Å². The van der Waals surface area contributed by atoms with Gasteiger partial charge in [-0.2, -0.15) is 0 Å². The van der Waals surface area contributed by atoms with Gasteiger partial charge in [-0.05, 0) is 35.7 Å². The van der Waals surface area contributed by atoms with Crippen LogP contribution in [0.25, 0.3) is 10.9 Å². The Bertz CT molecular complexity index is 1140. The first-order valence-electron chi connectivity index (χ1n) is 10.9. The molecule has 3 heterocycles. The average Bonchev–Trinajstić information content (AvgIpc) is 3.45. The molecule has 0 unspecified atom stereocenters. The normalized spacial score (nSPS) is 15.5. The largest absolute Gasteiger partial charge is 0.491 e. The van der Waals surface area contributed by atoms with Crippen molar-refractivity contribution in [3.63, 3.8) is 0 Å². The van der Waals surface area contributed by atoms with Gasteiger partial charge in [-0.3, -0.25) is 4.90 Å². The van der Waals surface area contributed by atoms with Crippen molar-refractivity contribution in [2.45, 2.75) is 12.8 Å². The highest BCUT2D eigenvalue weighted by molar-refractivity contribution is 6.31. The molecule has 0 saturated carbocycles. The minimum atomic E-state index is -1.82. The van der Waals surface area contributed by atoms with E-state index in [2.05, 4.69) is 45.2 Å². The lowest BCUT2D eigenvalue weighted by Gasteiger charge is -2.36. The second-order valence-corrected chi connectivity index (χ2v) is 8.49. The predicted octanol–water partition coefficient (Wildman–Crippen LogP) is 3.28. The van der Waals surface area contributed by atoms with E-state index in [0.29, 0.717) is 0 Å². The fourth-order valence-electron chi connectivity index (χ4n) is 4.30. The minimum Gasteiger partial charge on any atom is -0.491 e. The molecule has 174 valence electrons. The van der Waals surface area contributed by atoms with Gasteiger partial charge in [-0.25, -0.2) is 9.59 Å². The highest BCUT2D eigenvalue weighted by atomic mass is 35.5. The number of halogens is 1. The van der Waals surface area contributed by atoms with Crippen molar-refractivity contribution >= 4 is 40.1 Å². The van der Waals surface area contributed by atoms with Crippen molar-refractivity contribution in [1.29, 1.82) is 0 Å². The van der Waals surface area contributed by atoms with Crippen molar-refractivity contribution in [1.82, 2.24) is 9.88 Å². The first kappa shape index (κ1) is 22.9. The molecule has 3 N–H and O–H groups in total. The summed E-state index contributed by atoms with van der Waals surface area (Å²) in [6, 6.07) is 12.7. The summed E-state index contributed by atoms with van der Waals surface area (Å²) in [5.74, 6) is -2.53. The van der Waals surface area contributed by atoms with E-state index < -0.39 is 11.9 Å². The number of benzene rings is 2. The Kier molecular flexibility index (Phi) is 7.05. The van der Waals surface area contributed by atoms with Crippen LogP contribution in [-0.2, 0) is 22.4 Å². The molecule has 1 aromatic heterocycles. The van der Waals surface area contributed by atoms with Crippen LogP contribution in [0.1, 0.15) is 11.1 Å². The summed E-state index contributed by atoms with van der Waals surface area (Å²) in [5.41, 5.74) is 5.13. The number of aliphatic carboxylic acids is 2. The second kappa shape index (κ2) is 10.1. The topological polar surface area (TPSA) is 106 Å². The Morgan fingerprint density at radius 1 is 1.06 bits per heavy atom. The summed E-state index contributed by atoms with van der Waals surface area (Å²) >= 11 is 6.08. The average molecular weight is 472 g/mol. The summed E-state index contributed by atoms with van der Waals surface area (Å²) < 4.78 is 5.89. The van der Waals surface area contributed by atoms with Gasteiger partial charge in [-0.1, -0.05) is 29.8 Å². The van der Waals surface area contributed by atoms with Crippen LogP contribution in [0.4, 0.5) is 5.69 Å². The minimum absolute atomic E-state index is 0.781. The number of piperazine rings is 1. The Labute approximate surface area is 196 Å². The van der Waals surface area contributed by atoms with Gasteiger partial charge < -0.3 is 24.8 Å². The predicted molar refractivity (Wildman–Crippen MR) is 127 cm³/mol. The number of hydrogen-bond acceptors (Lipinski definition) is 5. The van der Waals surface area contributed by atoms with Gasteiger partial charge >= 0.3 is 11.9 Å². The maximum absolute atomic E-state index is 9.10. The molecule has 9 heteroatoms. The lowest BCUT2D eigenvalue weighted by Crippen LogP contribution is -2.47. The highest BCUT2D eigenvalue weighted by Crippen LogP contribution is 2.36. The van der Waals surface area contributed by atoms with E-state index in [9.17, 15) is 0 Å². The number of carboxylic acid groups (broad SMARTS) is 2. The summed E-state index contributed by atoms with van der Waals surface area (Å²) in [6.07, 6.45) is 4.23. The maximum atomic E-state index is 9.10. The van der Waals surface area contributed by atoms with Crippen LogP contribution < -0.4 is 9.64 Å². The number of para-hydroxylation sites is 1. The Morgan fingerprint density at radius 3 is 2.55 bits per heavy atom. The third-order valence-electron chi connectivity index (χ3n) is 6.02. The van der Waals surface area contributed by atoms with Gasteiger partial charge in [0.05, 0.1) is 12.3 Å². The van der Waals surface area contributed by atoms with Crippen molar-refractivity contribution in [2.75, 3.05) is 44.2 Å². The number of carboxylic acids is 2. The van der Waals surface area contributed by atoms with Crippen LogP contribution in [0.15, 0.2) is 42.6 Å². The van der Waals surface area contributed by atoms with Gasteiger partial charge in [0.25, 0.3) is 0 Å². The van der Waals surface area contributed by atoms with Crippen LogP contribution in [0.2, 0.25) is 5.02 Å². The molecule has 0 bridgehead atoms. The number of H-pyrrole nitrogens is 1. The summed E-state index contributed by atoms with van der Waals surface area (Å²) in [5, 5.41) is 16.9. The molecule has 0 atom stereocenters. The number of nitrogens with zero attached hydrogens (tertiary/aromatic N) is 2. The van der Waals surface area contributed by atoms with Crippen LogP contribution in [0, 0.1) is 0 Å². The van der Waals surface area contributed by atoms with Gasteiger partial charge in [-0.15, -0.1) is 0 Å². The Hall–Kier alpha value is -3.23. The van der Waals surface area contributed by atoms with Gasteiger partial charge in [0.2, 0.25) is 0 Å². The van der Waals surface area contributed by atoms with E-state index in [1.165, 1.54) is 22.2 Å². The first-order chi connectivity index (χ1) is 15.9. The van der Waals surface area contributed by atoms with Gasteiger partial charge in [0.1, 0.15) is 5.75 Å². The van der Waals surface area contributed by atoms with Crippen LogP contribution in [-0.4, -0.2) is 71.4 Å². The molecule has 0 amide bonds. The van der Waals surface area contributed by atoms with E-state index in [0.717, 1.165) is 68.5 Å². The molecule has 1 fully saturated rings. The molecule has 2 aliphatic rings. The standard InChI is InChI=1S/C22H24ClN3O.C2H2O4/c23-18-4-5-19-17(15-24-20(19)14-18)6-8-25-9-11-26(12-10-25)21-3-1-2-16-7-13-27-22(16)21;3-1(4)2(5)6/h1-5,14-15,24H,6-13H2;(H,3,4)(H,5,6). The second-order valence-electron chi connectivity index (χ2n) is 8.06. The fourth-order valence-corrected chi connectivity index (χ4v) is 4.48. The molecule has 33 heavy (non-hydrogen) atoms. The Balaban J connectivity index is 0.000000385. The number of ether oxygens (including phenoxy) is 1. The zero-order chi connectivity index (χ0) is 23.4. The number of hydrogen-bond donors (Lipinski definition) is 3. The first-order valence-corrected chi connectivity index (χ1v) is 11.2. The van der Waals surface area contributed by atoms with E-state index in [-0.39, 0.29) is 0 Å². The third-order valence-corrected chi connectivity index (χ3v) is 6.25. The maximum Gasteiger partial charge on any atom is 0.414 e. The number of carbonyl (C=O) groups is 2. The molecule has 0 radical (unpaired) electrons. The van der Waals surface area contributed by atoms with Gasteiger partial charge in [0, 0.05) is 61.3 Å². The lowest BCUT2D eigenvalue weighted by atomic mass is 10.1. The number of anilines is 1. The zero-order valence-electron chi connectivity index (χ0n) is 18.1. The molecular formula is C24H26ClN3O5. The SMILES string of the molecule is Clc1ccc2c(CCN3CCN(c4cccc5c4OCC5)CC3)c[nH]c2c1.O=C(O)C(=O)O. The molecule has 8 nitrogen and oxygen atoms in total. The number of nitrogens with one attached hydrogen (secondary N) is 1. The number of rotatable bonds is 4. The molecule has 3 aromatic rings. The number of fused-ring (bicyclic) bond motifs is 2. The summed E-state index contributed by atoms with van der Waals surface area (Å²) in [4.78, 5) is 26.6. The molecule has 0 aliphatic carbocycles. The zero-order valence-corrected chi connectivity index (χ0v) is 18.8. The molecule has 2 aromatic carbocycles. The molecule has 5 rings (SSSR count). The van der Waals surface area contributed by atoms with Crippen molar-refractivity contribution in [3.05, 3.63) is 58.7 Å². The Morgan fingerprint density at radius 2 is 1.82 bits per heavy atom. The lowest BCUT2D eigenvalue weighted by molar-refractivity contribution is -0.159. The molecule has 2 aliphatic heterocycles. The van der Waals surface area contributed by atoms with Crippen molar-refractivity contribution in [2.24, 2.45) is 0 Å². The summed E-state index contributed by atoms with van der Waals surface area (Å²) in [7, 11) is 0. The summed E-state index contributed by atoms with van der Waals surface area (Å²) in [6.45, 7) is 6.22. The van der Waals surface area contributed by atoms with Crippen LogP contribution >= 0.6 is 11.6 Å². The fraction of sp³-hybridized carbons (Fsp3) is 0.333. The highest BCUT2D eigenvalue weighted by Gasteiger charge is 2.23. The smallest absolute Gasteiger partial charge is 0.414 e. The third kappa shape index (κ3) is 5.40. The van der Waals surface area contributed by atoms with E-state index in [1.54, 1.807) is 0 Å². The molecular weight excluding hydrogens is 446 g/mol. The van der Waals surface area contributed by atoms with E-state index in [1.807, 2.05) is 12.1 Å². The van der Waals surface area contributed by atoms with E-state index >= 15 is 0 Å². The van der Waals surface area contributed by atoms with Gasteiger partial charge in [0.15, 0.2) is 0 Å². The number of aromatic amines is 1. The van der Waals surface area contributed by atoms with Crippen molar-refractivity contribution in [3.8, 4) is 5.75 Å². The van der Waals surface area contributed by atoms with Crippen molar-refractivity contribution < 1.29 is 24.5 Å². The van der Waals surface area contributed by atoms with Crippen LogP contribution in [0.3, 0.4) is 0 Å². The molecule has 0 spiro atoms. The molecule has 1 saturated heterocycles. The monoisotopic (exact) mass is 471 g/mol. The van der Waals surface area contributed by atoms with E-state index in [4.69, 9.17) is 36.1 Å².